The summed E-state index contributed by atoms with van der Waals surface area (Å²) in [5.41, 5.74) is 0.930. The zero-order valence-corrected chi connectivity index (χ0v) is 15.5. The number of amides is 1. The van der Waals surface area contributed by atoms with Gasteiger partial charge in [-0.05, 0) is 29.8 Å². The average Bonchev–Trinajstić information content (AvgIpc) is 2.59. The van der Waals surface area contributed by atoms with E-state index in [1.165, 1.54) is 29.2 Å². The molecule has 0 aromatic heterocycles. The highest BCUT2D eigenvalue weighted by molar-refractivity contribution is 6.47. The molecule has 0 saturated carbocycles. The summed E-state index contributed by atoms with van der Waals surface area (Å²) in [5, 5.41) is 0.0373. The van der Waals surface area contributed by atoms with E-state index in [1.807, 2.05) is 26.8 Å². The number of carbonyl (C=O) groups is 2. The van der Waals surface area contributed by atoms with Gasteiger partial charge < -0.3 is 0 Å². The van der Waals surface area contributed by atoms with Crippen LogP contribution >= 0.6 is 11.6 Å². The molecule has 0 radical (unpaired) electrons. The Hall–Kier alpha value is -2.46. The maximum Gasteiger partial charge on any atom is 0.246 e. The molecule has 1 aliphatic heterocycles. The molecule has 1 unspecified atom stereocenters. The fourth-order valence-electron chi connectivity index (χ4n) is 3.14. The van der Waals surface area contributed by atoms with Crippen molar-refractivity contribution >= 4 is 29.0 Å². The van der Waals surface area contributed by atoms with Crippen molar-refractivity contribution in [3.63, 3.8) is 0 Å². The molecule has 2 aromatic rings. The number of ketones is 1. The summed E-state index contributed by atoms with van der Waals surface area (Å²) in [7, 11) is 0. The number of hydrogen-bond donors (Lipinski definition) is 0. The Morgan fingerprint density at radius 2 is 1.54 bits per heavy atom. The highest BCUT2D eigenvalue weighted by Gasteiger charge is 2.45. The molecule has 0 bridgehead atoms. The molecule has 3 nitrogen and oxygen atoms in total. The summed E-state index contributed by atoms with van der Waals surface area (Å²) in [6.07, 6.45) is 0. The lowest BCUT2D eigenvalue weighted by Gasteiger charge is -2.39. The third kappa shape index (κ3) is 3.17. The number of rotatable bonds is 2. The van der Waals surface area contributed by atoms with E-state index in [1.54, 1.807) is 24.3 Å². The standard InChI is InChI=1S/C21H19ClFNO2/c1-21(2,3)19-17(22)18(25)16(13-7-5-4-6-8-13)20(26)24(19)15-11-9-14(23)10-12-15/h4-12,16H,1-3H3. The molecule has 1 aliphatic rings. The van der Waals surface area contributed by atoms with Crippen molar-refractivity contribution in [2.45, 2.75) is 26.7 Å². The van der Waals surface area contributed by atoms with E-state index in [-0.39, 0.29) is 10.9 Å². The first-order valence-electron chi connectivity index (χ1n) is 8.31. The van der Waals surface area contributed by atoms with Crippen molar-refractivity contribution in [2.75, 3.05) is 4.90 Å². The molecule has 1 amide bonds. The van der Waals surface area contributed by atoms with E-state index in [0.717, 1.165) is 0 Å². The molecule has 0 aliphatic carbocycles. The van der Waals surface area contributed by atoms with Crippen LogP contribution in [0.4, 0.5) is 10.1 Å². The van der Waals surface area contributed by atoms with Gasteiger partial charge in [0.1, 0.15) is 16.8 Å². The molecule has 0 saturated heterocycles. The zero-order valence-electron chi connectivity index (χ0n) is 14.8. The van der Waals surface area contributed by atoms with Crippen molar-refractivity contribution in [1.29, 1.82) is 0 Å². The van der Waals surface area contributed by atoms with Gasteiger partial charge in [0.25, 0.3) is 0 Å². The van der Waals surface area contributed by atoms with Crippen LogP contribution < -0.4 is 4.90 Å². The summed E-state index contributed by atoms with van der Waals surface area (Å²) in [4.78, 5) is 27.7. The van der Waals surface area contributed by atoms with E-state index < -0.39 is 22.9 Å². The summed E-state index contributed by atoms with van der Waals surface area (Å²) in [6.45, 7) is 5.64. The second-order valence-electron chi connectivity index (χ2n) is 7.27. The van der Waals surface area contributed by atoms with Crippen molar-refractivity contribution in [3.05, 3.63) is 76.7 Å². The molecular formula is C21H19ClFNO2. The van der Waals surface area contributed by atoms with Crippen LogP contribution in [-0.2, 0) is 9.59 Å². The van der Waals surface area contributed by atoms with Crippen LogP contribution in [0.2, 0.25) is 0 Å². The third-order valence-electron chi connectivity index (χ3n) is 4.31. The first-order valence-corrected chi connectivity index (χ1v) is 8.68. The molecule has 1 heterocycles. The number of halogens is 2. The van der Waals surface area contributed by atoms with Crippen molar-refractivity contribution < 1.29 is 14.0 Å². The molecule has 0 N–H and O–H groups in total. The van der Waals surface area contributed by atoms with E-state index >= 15 is 0 Å². The number of benzene rings is 2. The maximum absolute atomic E-state index is 13.4. The van der Waals surface area contributed by atoms with Gasteiger partial charge in [0.2, 0.25) is 5.91 Å². The molecule has 2 aromatic carbocycles. The summed E-state index contributed by atoms with van der Waals surface area (Å²) < 4.78 is 13.4. The topological polar surface area (TPSA) is 37.4 Å². The predicted molar refractivity (Wildman–Crippen MR) is 100 cm³/mol. The third-order valence-corrected chi connectivity index (χ3v) is 4.67. The zero-order chi connectivity index (χ0) is 19.1. The maximum atomic E-state index is 13.4. The normalized spacial score (nSPS) is 18.5. The molecular weight excluding hydrogens is 353 g/mol. The molecule has 1 atom stereocenters. The number of carbonyl (C=O) groups excluding carboxylic acids is 2. The highest BCUT2D eigenvalue weighted by atomic mass is 35.5. The van der Waals surface area contributed by atoms with Gasteiger partial charge in [-0.15, -0.1) is 0 Å². The van der Waals surface area contributed by atoms with Gasteiger partial charge in [0.15, 0.2) is 5.78 Å². The van der Waals surface area contributed by atoms with Gasteiger partial charge in [0.05, 0.1) is 5.70 Å². The van der Waals surface area contributed by atoms with Crippen molar-refractivity contribution in [1.82, 2.24) is 0 Å². The molecule has 0 fully saturated rings. The molecule has 3 rings (SSSR count). The van der Waals surface area contributed by atoms with Gasteiger partial charge in [-0.2, -0.15) is 0 Å². The lowest BCUT2D eigenvalue weighted by atomic mass is 9.82. The van der Waals surface area contributed by atoms with Crippen LogP contribution in [0.5, 0.6) is 0 Å². The molecule has 26 heavy (non-hydrogen) atoms. The first kappa shape index (κ1) is 18.3. The molecule has 5 heteroatoms. The fourth-order valence-corrected chi connectivity index (χ4v) is 3.62. The average molecular weight is 372 g/mol. The van der Waals surface area contributed by atoms with Gasteiger partial charge in [-0.3, -0.25) is 14.5 Å². The smallest absolute Gasteiger partial charge is 0.246 e. The fraction of sp³-hybridized carbons (Fsp3) is 0.238. The van der Waals surface area contributed by atoms with E-state index in [4.69, 9.17) is 11.6 Å². The van der Waals surface area contributed by atoms with Gasteiger partial charge >= 0.3 is 0 Å². The first-order chi connectivity index (χ1) is 12.2. The van der Waals surface area contributed by atoms with Gasteiger partial charge in [-0.1, -0.05) is 62.7 Å². The Kier molecular flexibility index (Phi) is 4.72. The van der Waals surface area contributed by atoms with Gasteiger partial charge in [-0.25, -0.2) is 4.39 Å². The van der Waals surface area contributed by atoms with Crippen molar-refractivity contribution in [3.8, 4) is 0 Å². The van der Waals surface area contributed by atoms with E-state index in [2.05, 4.69) is 0 Å². The SMILES string of the molecule is CC(C)(C)C1=C(Cl)C(=O)C(c2ccccc2)C(=O)N1c1ccc(F)cc1. The predicted octanol–water partition coefficient (Wildman–Crippen LogP) is 5.02. The molecule has 134 valence electrons. The monoisotopic (exact) mass is 371 g/mol. The second kappa shape index (κ2) is 6.69. The Bertz CT molecular complexity index is 882. The van der Waals surface area contributed by atoms with Crippen molar-refractivity contribution in [2.24, 2.45) is 5.41 Å². The van der Waals surface area contributed by atoms with Crippen LogP contribution in [0.1, 0.15) is 32.3 Å². The van der Waals surface area contributed by atoms with E-state index in [0.29, 0.717) is 16.9 Å². The Balaban J connectivity index is 2.22. The van der Waals surface area contributed by atoms with Crippen LogP contribution in [-0.4, -0.2) is 11.7 Å². The van der Waals surface area contributed by atoms with Crippen LogP contribution in [0.15, 0.2) is 65.3 Å². The summed E-state index contributed by atoms with van der Waals surface area (Å²) in [6, 6.07) is 14.4. The lowest BCUT2D eigenvalue weighted by molar-refractivity contribution is -0.127. The minimum absolute atomic E-state index is 0.0373. The van der Waals surface area contributed by atoms with Gasteiger partial charge in [0, 0.05) is 11.1 Å². The number of hydrogen-bond acceptors (Lipinski definition) is 2. The minimum atomic E-state index is -1.01. The quantitative estimate of drug-likeness (QED) is 0.695. The second-order valence-corrected chi connectivity index (χ2v) is 7.65. The number of allylic oxidation sites excluding steroid dienone is 2. The lowest BCUT2D eigenvalue weighted by Crippen LogP contribution is -2.46. The van der Waals surface area contributed by atoms with Crippen LogP contribution in [0.3, 0.4) is 0 Å². The van der Waals surface area contributed by atoms with Crippen LogP contribution in [0, 0.1) is 11.2 Å². The van der Waals surface area contributed by atoms with E-state index in [9.17, 15) is 14.0 Å². The summed E-state index contributed by atoms with van der Waals surface area (Å²) in [5.74, 6) is -2.21. The number of Topliss-reactive ketones (excluding diaryl/α,β-unsaturated/α-hetero) is 1. The number of anilines is 1. The Labute approximate surface area is 157 Å². The number of nitrogens with zero attached hydrogens (tertiary/aromatic N) is 1. The Morgan fingerprint density at radius 1 is 0.962 bits per heavy atom. The largest absolute Gasteiger partial charge is 0.292 e. The molecule has 0 spiro atoms. The minimum Gasteiger partial charge on any atom is -0.292 e. The Morgan fingerprint density at radius 3 is 2.08 bits per heavy atom. The van der Waals surface area contributed by atoms with Crippen LogP contribution in [0.25, 0.3) is 0 Å². The highest BCUT2D eigenvalue weighted by Crippen LogP contribution is 2.43. The summed E-state index contributed by atoms with van der Waals surface area (Å²) >= 11 is 6.47.